The highest BCUT2D eigenvalue weighted by Gasteiger charge is 2.15. The van der Waals surface area contributed by atoms with E-state index in [0.717, 1.165) is 9.21 Å². The van der Waals surface area contributed by atoms with Crippen LogP contribution in [0.5, 0.6) is 0 Å². The van der Waals surface area contributed by atoms with E-state index >= 15 is 0 Å². The zero-order valence-corrected chi connectivity index (χ0v) is 13.8. The SMILES string of the molecule is CN(Cc1ccc(Cl)s1)C(=O)Cc1c(Cl)cccc1Cl. The smallest absolute Gasteiger partial charge is 0.227 e. The van der Waals surface area contributed by atoms with Gasteiger partial charge in [-0.15, -0.1) is 11.3 Å². The first-order valence-electron chi connectivity index (χ1n) is 5.88. The lowest BCUT2D eigenvalue weighted by Gasteiger charge is -2.17. The maximum Gasteiger partial charge on any atom is 0.227 e. The largest absolute Gasteiger partial charge is 0.340 e. The molecule has 2 nitrogen and oxygen atoms in total. The Balaban J connectivity index is 2.04. The minimum atomic E-state index is -0.0375. The minimum Gasteiger partial charge on any atom is -0.340 e. The second-order valence-electron chi connectivity index (χ2n) is 4.33. The molecule has 0 saturated heterocycles. The summed E-state index contributed by atoms with van der Waals surface area (Å²) >= 11 is 19.5. The Morgan fingerprint density at radius 2 is 1.80 bits per heavy atom. The van der Waals surface area contributed by atoms with Gasteiger partial charge in [0.05, 0.1) is 17.3 Å². The van der Waals surface area contributed by atoms with E-state index in [1.54, 1.807) is 30.1 Å². The van der Waals surface area contributed by atoms with E-state index in [1.165, 1.54) is 11.3 Å². The summed E-state index contributed by atoms with van der Waals surface area (Å²) in [4.78, 5) is 14.9. The Hall–Kier alpha value is -0.740. The predicted molar refractivity (Wildman–Crippen MR) is 86.0 cm³/mol. The molecular formula is C14H12Cl3NOS. The van der Waals surface area contributed by atoms with Crippen LogP contribution in [0, 0.1) is 0 Å². The van der Waals surface area contributed by atoms with Crippen molar-refractivity contribution in [3.8, 4) is 0 Å². The second kappa shape index (κ2) is 6.81. The van der Waals surface area contributed by atoms with Crippen LogP contribution in [0.3, 0.4) is 0 Å². The van der Waals surface area contributed by atoms with Crippen LogP contribution in [0.25, 0.3) is 0 Å². The molecule has 0 aliphatic carbocycles. The summed E-state index contributed by atoms with van der Waals surface area (Å²) in [5.74, 6) is -0.0375. The first-order valence-corrected chi connectivity index (χ1v) is 7.83. The lowest BCUT2D eigenvalue weighted by molar-refractivity contribution is -0.129. The van der Waals surface area contributed by atoms with E-state index < -0.39 is 0 Å². The summed E-state index contributed by atoms with van der Waals surface area (Å²) in [5, 5.41) is 1.02. The summed E-state index contributed by atoms with van der Waals surface area (Å²) in [6, 6.07) is 8.96. The molecule has 0 bridgehead atoms. The number of halogens is 3. The van der Waals surface area contributed by atoms with Crippen LogP contribution in [-0.4, -0.2) is 17.9 Å². The van der Waals surface area contributed by atoms with Crippen molar-refractivity contribution in [3.05, 3.63) is 55.2 Å². The van der Waals surface area contributed by atoms with Crippen LogP contribution in [-0.2, 0) is 17.8 Å². The number of amides is 1. The normalized spacial score (nSPS) is 10.6. The van der Waals surface area contributed by atoms with Crippen molar-refractivity contribution in [3.63, 3.8) is 0 Å². The summed E-state index contributed by atoms with van der Waals surface area (Å²) in [7, 11) is 1.75. The van der Waals surface area contributed by atoms with Crippen molar-refractivity contribution >= 4 is 52.0 Å². The summed E-state index contributed by atoms with van der Waals surface area (Å²) in [5.41, 5.74) is 0.664. The van der Waals surface area contributed by atoms with Gasteiger partial charge in [-0.1, -0.05) is 40.9 Å². The number of likely N-dealkylation sites (N-methyl/N-ethyl adjacent to an activating group) is 1. The Bertz CT molecular complexity index is 606. The van der Waals surface area contributed by atoms with Gasteiger partial charge >= 0.3 is 0 Å². The molecular weight excluding hydrogens is 337 g/mol. The summed E-state index contributed by atoms with van der Waals surface area (Å²) in [6.07, 6.45) is 0.189. The number of benzene rings is 1. The summed E-state index contributed by atoms with van der Waals surface area (Å²) < 4.78 is 0.718. The third-order valence-electron chi connectivity index (χ3n) is 2.84. The van der Waals surface area contributed by atoms with E-state index in [-0.39, 0.29) is 12.3 Å². The molecule has 0 fully saturated rings. The van der Waals surface area contributed by atoms with Crippen LogP contribution in [0.15, 0.2) is 30.3 Å². The molecule has 106 valence electrons. The van der Waals surface area contributed by atoms with Crippen LogP contribution in [0.1, 0.15) is 10.4 Å². The molecule has 0 saturated carbocycles. The second-order valence-corrected chi connectivity index (χ2v) is 6.95. The molecule has 1 aromatic carbocycles. The predicted octanol–water partition coefficient (Wildman–Crippen LogP) is 4.91. The number of nitrogens with zero attached hydrogens (tertiary/aromatic N) is 1. The maximum atomic E-state index is 12.2. The zero-order valence-electron chi connectivity index (χ0n) is 10.7. The fourth-order valence-electron chi connectivity index (χ4n) is 1.75. The average Bonchev–Trinajstić information content (AvgIpc) is 2.79. The quantitative estimate of drug-likeness (QED) is 0.769. The number of rotatable bonds is 4. The third kappa shape index (κ3) is 3.89. The van der Waals surface area contributed by atoms with Gasteiger partial charge in [0.25, 0.3) is 0 Å². The highest BCUT2D eigenvalue weighted by molar-refractivity contribution is 7.16. The minimum absolute atomic E-state index is 0.0375. The first-order chi connectivity index (χ1) is 9.47. The maximum absolute atomic E-state index is 12.2. The van der Waals surface area contributed by atoms with Crippen LogP contribution in [0.4, 0.5) is 0 Å². The fraction of sp³-hybridized carbons (Fsp3) is 0.214. The molecule has 0 radical (unpaired) electrons. The molecule has 0 unspecified atom stereocenters. The molecule has 2 rings (SSSR count). The van der Waals surface area contributed by atoms with Gasteiger partial charge in [0, 0.05) is 22.0 Å². The monoisotopic (exact) mass is 347 g/mol. The number of carbonyl (C=O) groups excluding carboxylic acids is 1. The van der Waals surface area contributed by atoms with E-state index in [2.05, 4.69) is 0 Å². The molecule has 0 aliphatic heterocycles. The lowest BCUT2D eigenvalue weighted by Crippen LogP contribution is -2.27. The summed E-state index contributed by atoms with van der Waals surface area (Å²) in [6.45, 7) is 0.526. The van der Waals surface area contributed by atoms with Gasteiger partial charge in [-0.05, 0) is 29.8 Å². The highest BCUT2D eigenvalue weighted by atomic mass is 35.5. The van der Waals surface area contributed by atoms with Gasteiger partial charge in [-0.25, -0.2) is 0 Å². The topological polar surface area (TPSA) is 20.3 Å². The van der Waals surface area contributed by atoms with Gasteiger partial charge in [0.2, 0.25) is 5.91 Å². The Morgan fingerprint density at radius 3 is 2.35 bits per heavy atom. The number of hydrogen-bond donors (Lipinski definition) is 0. The van der Waals surface area contributed by atoms with E-state index in [0.29, 0.717) is 22.2 Å². The van der Waals surface area contributed by atoms with Crippen LogP contribution >= 0.6 is 46.1 Å². The van der Waals surface area contributed by atoms with E-state index in [9.17, 15) is 4.79 Å². The molecule has 0 atom stereocenters. The molecule has 1 aromatic heterocycles. The van der Waals surface area contributed by atoms with Crippen molar-refractivity contribution in [2.45, 2.75) is 13.0 Å². The van der Waals surface area contributed by atoms with Crippen molar-refractivity contribution < 1.29 is 4.79 Å². The molecule has 0 spiro atoms. The van der Waals surface area contributed by atoms with E-state index in [4.69, 9.17) is 34.8 Å². The van der Waals surface area contributed by atoms with Gasteiger partial charge in [-0.3, -0.25) is 4.79 Å². The first kappa shape index (κ1) is 15.6. The van der Waals surface area contributed by atoms with Crippen molar-refractivity contribution in [1.29, 1.82) is 0 Å². The van der Waals surface area contributed by atoms with Crippen LogP contribution in [0.2, 0.25) is 14.4 Å². The molecule has 0 N–H and O–H groups in total. The lowest BCUT2D eigenvalue weighted by atomic mass is 10.1. The van der Waals surface area contributed by atoms with Crippen molar-refractivity contribution in [1.82, 2.24) is 4.90 Å². The molecule has 2 aromatic rings. The highest BCUT2D eigenvalue weighted by Crippen LogP contribution is 2.26. The molecule has 1 amide bonds. The van der Waals surface area contributed by atoms with Crippen molar-refractivity contribution in [2.24, 2.45) is 0 Å². The Kier molecular flexibility index (Phi) is 5.33. The number of carbonyl (C=O) groups is 1. The van der Waals surface area contributed by atoms with E-state index in [1.807, 2.05) is 12.1 Å². The van der Waals surface area contributed by atoms with Gasteiger partial charge in [0.1, 0.15) is 0 Å². The van der Waals surface area contributed by atoms with Crippen molar-refractivity contribution in [2.75, 3.05) is 7.05 Å². The van der Waals surface area contributed by atoms with Gasteiger partial charge < -0.3 is 4.90 Å². The Morgan fingerprint density at radius 1 is 1.15 bits per heavy atom. The van der Waals surface area contributed by atoms with Crippen LogP contribution < -0.4 is 0 Å². The van der Waals surface area contributed by atoms with Gasteiger partial charge in [-0.2, -0.15) is 0 Å². The molecule has 1 heterocycles. The molecule has 6 heteroatoms. The zero-order chi connectivity index (χ0) is 14.7. The fourth-order valence-corrected chi connectivity index (χ4v) is 3.42. The van der Waals surface area contributed by atoms with Gasteiger partial charge in [0.15, 0.2) is 0 Å². The number of thiophene rings is 1. The molecule has 0 aliphatic rings. The third-order valence-corrected chi connectivity index (χ3v) is 4.76. The standard InChI is InChI=1S/C14H12Cl3NOS/c1-18(8-9-5-6-13(17)20-9)14(19)7-10-11(15)3-2-4-12(10)16/h2-6H,7-8H2,1H3. The number of hydrogen-bond acceptors (Lipinski definition) is 2. The molecule has 20 heavy (non-hydrogen) atoms. The average molecular weight is 349 g/mol. The Labute approximate surface area is 136 Å².